The molecule has 68 heavy (non-hydrogen) atoms. The zero-order chi connectivity index (χ0) is 47.2. The molecule has 0 saturated carbocycles. The summed E-state index contributed by atoms with van der Waals surface area (Å²) in [4.78, 5) is 81.4. The molecule has 5 heterocycles. The van der Waals surface area contributed by atoms with Crippen molar-refractivity contribution in [3.63, 3.8) is 0 Å². The molecule has 3 fully saturated rings. The second kappa shape index (κ2) is 18.0. The minimum atomic E-state index is -0.746. The van der Waals surface area contributed by atoms with E-state index in [2.05, 4.69) is 32.0 Å². The molecule has 2 aromatic heterocycles. The van der Waals surface area contributed by atoms with Gasteiger partial charge in [0, 0.05) is 75.9 Å². The van der Waals surface area contributed by atoms with Crippen LogP contribution in [-0.2, 0) is 28.5 Å². The molecule has 10 rings (SSSR count). The van der Waals surface area contributed by atoms with E-state index < -0.39 is 17.9 Å². The number of aryl methyl sites for hydroxylation is 2. The summed E-state index contributed by atoms with van der Waals surface area (Å²) in [5.74, 6) is -0.360. The van der Waals surface area contributed by atoms with Crippen LogP contribution in [0.1, 0.15) is 65.4 Å². The zero-order valence-electron chi connectivity index (χ0n) is 38.1. The number of amides is 5. The Kier molecular flexibility index (Phi) is 11.6. The first-order valence-corrected chi connectivity index (χ1v) is 23.0. The van der Waals surface area contributed by atoms with Crippen LogP contribution in [0.2, 0.25) is 0 Å². The van der Waals surface area contributed by atoms with Crippen molar-refractivity contribution in [2.45, 2.75) is 44.6 Å². The molecule has 5 aromatic carbocycles. The maximum Gasteiger partial charge on any atom is 0.329 e. The Labute approximate surface area is 391 Å². The Morgan fingerprint density at radius 1 is 0.779 bits per heavy atom. The fourth-order valence-corrected chi connectivity index (χ4v) is 10.00. The van der Waals surface area contributed by atoms with Crippen LogP contribution in [0.15, 0.2) is 108 Å². The molecule has 0 aliphatic carbocycles. The molecule has 7 aromatic rings. The average Bonchev–Trinajstić information content (AvgIpc) is 4.02. The second-order valence-electron chi connectivity index (χ2n) is 17.8. The number of hydrogen-bond acceptors (Lipinski definition) is 9. The Morgan fingerprint density at radius 2 is 1.57 bits per heavy atom. The van der Waals surface area contributed by atoms with Crippen LogP contribution in [0.3, 0.4) is 0 Å². The number of nitrogens with zero attached hydrogens (tertiary/aromatic N) is 6. The molecule has 5 amide bonds. The molecule has 1 unspecified atom stereocenters. The molecule has 346 valence electrons. The third kappa shape index (κ3) is 8.15. The molecule has 1 atom stereocenters. The maximum atomic E-state index is 13.8. The van der Waals surface area contributed by atoms with E-state index >= 15 is 0 Å². The normalized spacial score (nSPS) is 16.7. The molecule has 3 aliphatic rings. The summed E-state index contributed by atoms with van der Waals surface area (Å²) in [7, 11) is 5.08. The number of carbonyl (C=O) groups is 5. The third-order valence-corrected chi connectivity index (χ3v) is 13.6. The van der Waals surface area contributed by atoms with Crippen molar-refractivity contribution in [1.29, 1.82) is 0 Å². The lowest BCUT2D eigenvalue weighted by Gasteiger charge is -2.34. The van der Waals surface area contributed by atoms with Crippen LogP contribution >= 0.6 is 0 Å². The van der Waals surface area contributed by atoms with Crippen LogP contribution in [0.5, 0.6) is 5.75 Å². The molecule has 0 spiro atoms. The number of hydrogen-bond donors (Lipinski definition) is 3. The minimum absolute atomic E-state index is 0.0893. The highest BCUT2D eigenvalue weighted by atomic mass is 16.5. The van der Waals surface area contributed by atoms with E-state index in [1.54, 1.807) is 54.7 Å². The van der Waals surface area contributed by atoms with Gasteiger partial charge in [0.1, 0.15) is 11.8 Å². The molecule has 3 saturated heterocycles. The number of ether oxygens (including phenoxy) is 1. The summed E-state index contributed by atoms with van der Waals surface area (Å²) >= 11 is 0. The van der Waals surface area contributed by atoms with E-state index in [-0.39, 0.29) is 47.9 Å². The highest BCUT2D eigenvalue weighted by molar-refractivity contribution is 6.12. The summed E-state index contributed by atoms with van der Waals surface area (Å²) in [6.07, 6.45) is 3.50. The fraction of sp³-hybridized carbons (Fsp3) is 0.288. The largest absolute Gasteiger partial charge is 0.493 e. The number of carbonyl (C=O) groups excluding carboxylic acids is 5. The van der Waals surface area contributed by atoms with Gasteiger partial charge in [0.15, 0.2) is 5.69 Å². The average molecular weight is 914 g/mol. The lowest BCUT2D eigenvalue weighted by molar-refractivity contribution is -0.135. The van der Waals surface area contributed by atoms with Crippen molar-refractivity contribution < 1.29 is 28.7 Å². The topological polar surface area (TPSA) is 182 Å². The molecule has 3 N–H and O–H groups in total. The number of fused-ring (bicyclic) bond motifs is 2. The number of rotatable bonds is 11. The Balaban J connectivity index is 0.888. The number of anilines is 3. The van der Waals surface area contributed by atoms with Crippen molar-refractivity contribution in [1.82, 2.24) is 29.5 Å². The van der Waals surface area contributed by atoms with Crippen LogP contribution in [0, 0.1) is 5.92 Å². The van der Waals surface area contributed by atoms with Crippen molar-refractivity contribution >= 4 is 68.5 Å². The smallest absolute Gasteiger partial charge is 0.329 e. The third-order valence-electron chi connectivity index (χ3n) is 13.6. The fourth-order valence-electron chi connectivity index (χ4n) is 10.00. The summed E-state index contributed by atoms with van der Waals surface area (Å²) < 4.78 is 11.3. The van der Waals surface area contributed by atoms with Crippen molar-refractivity contribution in [2.24, 2.45) is 20.0 Å². The molecule has 0 bridgehead atoms. The van der Waals surface area contributed by atoms with Crippen molar-refractivity contribution in [3.8, 4) is 28.0 Å². The number of nitrogens with one attached hydrogen (secondary N) is 3. The van der Waals surface area contributed by atoms with Gasteiger partial charge in [-0.05, 0) is 121 Å². The van der Waals surface area contributed by atoms with E-state index in [0.29, 0.717) is 41.7 Å². The quantitative estimate of drug-likeness (QED) is 0.121. The van der Waals surface area contributed by atoms with Gasteiger partial charge in [-0.25, -0.2) is 4.79 Å². The van der Waals surface area contributed by atoms with Crippen LogP contribution in [0.4, 0.5) is 17.1 Å². The highest BCUT2D eigenvalue weighted by Crippen LogP contribution is 2.40. The highest BCUT2D eigenvalue weighted by Gasteiger charge is 2.33. The van der Waals surface area contributed by atoms with Gasteiger partial charge in [-0.2, -0.15) is 5.10 Å². The molecule has 3 aliphatic heterocycles. The van der Waals surface area contributed by atoms with E-state index in [1.165, 1.54) is 4.57 Å². The number of benzene rings is 5. The SMILES string of the molecule is CNC(=O)c1cccc(NC(=O)c2nn(C)c3ccc(-c4ccc(N5CCCC5=O)cc4-c4cccc(OCC5CCN(c6cccc7c6n(C)c(=O)n7C6CCC(=O)NC6=O)CC5)c4)cc23)c1. The van der Waals surface area contributed by atoms with Gasteiger partial charge >= 0.3 is 5.69 Å². The zero-order valence-corrected chi connectivity index (χ0v) is 38.1. The monoisotopic (exact) mass is 913 g/mol. The van der Waals surface area contributed by atoms with E-state index in [0.717, 1.165) is 82.8 Å². The van der Waals surface area contributed by atoms with Gasteiger partial charge in [-0.15, -0.1) is 0 Å². The van der Waals surface area contributed by atoms with Gasteiger partial charge in [-0.3, -0.25) is 43.1 Å². The van der Waals surface area contributed by atoms with E-state index in [1.807, 2.05) is 77.7 Å². The van der Waals surface area contributed by atoms with Crippen molar-refractivity contribution in [2.75, 3.05) is 48.4 Å². The maximum absolute atomic E-state index is 13.8. The molecular formula is C52H51N9O7. The summed E-state index contributed by atoms with van der Waals surface area (Å²) in [6.45, 7) is 2.67. The first-order chi connectivity index (χ1) is 32.9. The summed E-state index contributed by atoms with van der Waals surface area (Å²) in [5, 5.41) is 13.2. The van der Waals surface area contributed by atoms with Gasteiger partial charge in [-0.1, -0.05) is 36.4 Å². The summed E-state index contributed by atoms with van der Waals surface area (Å²) in [6, 6.07) is 31.8. The van der Waals surface area contributed by atoms with Gasteiger partial charge in [0.05, 0.1) is 28.8 Å². The number of imidazole rings is 1. The first kappa shape index (κ1) is 43.9. The predicted octanol–water partition coefficient (Wildman–Crippen LogP) is 6.57. The predicted molar refractivity (Wildman–Crippen MR) is 260 cm³/mol. The number of imide groups is 1. The Bertz CT molecular complexity index is 3250. The Morgan fingerprint density at radius 3 is 2.35 bits per heavy atom. The van der Waals surface area contributed by atoms with E-state index in [4.69, 9.17) is 4.74 Å². The van der Waals surface area contributed by atoms with E-state index in [9.17, 15) is 28.8 Å². The van der Waals surface area contributed by atoms with Crippen LogP contribution in [0.25, 0.3) is 44.2 Å². The van der Waals surface area contributed by atoms with Gasteiger partial charge < -0.3 is 25.2 Å². The molecule has 16 nitrogen and oxygen atoms in total. The van der Waals surface area contributed by atoms with Gasteiger partial charge in [0.2, 0.25) is 17.7 Å². The number of aromatic nitrogens is 4. The van der Waals surface area contributed by atoms with Crippen LogP contribution < -0.4 is 36.2 Å². The minimum Gasteiger partial charge on any atom is -0.493 e. The van der Waals surface area contributed by atoms with Crippen molar-refractivity contribution in [3.05, 3.63) is 125 Å². The molecule has 16 heteroatoms. The first-order valence-electron chi connectivity index (χ1n) is 23.0. The standard InChI is InChI=1S/C52H51N9O7/c1-53-49(64)34-9-4-10-35(26-34)54-51(66)47-40-28-33(15-18-41(40)58(3)56-47)38-17-16-36(60-23-7-14-46(60)63)29-39(38)32-8-5-11-37(27-32)68-30-31-21-24-59(25-22-31)42-12-6-13-43-48(42)57(2)52(67)61(43)44-19-20-45(62)55-50(44)65/h4-6,8-13,15-18,26-29,31,44H,7,14,19-25,30H2,1-3H3,(H,53,64)(H,54,66)(H,55,62,65). The Hall–Kier alpha value is -8.01. The number of para-hydroxylation sites is 1. The van der Waals surface area contributed by atoms with Crippen LogP contribution in [-0.4, -0.2) is 81.7 Å². The molecule has 0 radical (unpaired) electrons. The lowest BCUT2D eigenvalue weighted by Crippen LogP contribution is -2.44. The number of piperidine rings is 2. The molecular weight excluding hydrogens is 863 g/mol. The van der Waals surface area contributed by atoms with Gasteiger partial charge in [0.25, 0.3) is 11.8 Å². The summed E-state index contributed by atoms with van der Waals surface area (Å²) in [5.41, 5.74) is 8.36. The second-order valence-corrected chi connectivity index (χ2v) is 17.8. The lowest BCUT2D eigenvalue weighted by atomic mass is 9.92.